The number of fused-ring (bicyclic) bond motifs is 2. The number of rotatable bonds is 7. The second-order valence-electron chi connectivity index (χ2n) is 7.58. The molecule has 0 aromatic heterocycles. The summed E-state index contributed by atoms with van der Waals surface area (Å²) < 4.78 is 5.57. The summed E-state index contributed by atoms with van der Waals surface area (Å²) in [6, 6.07) is 1.19. The second-order valence-corrected chi connectivity index (χ2v) is 8.81. The van der Waals surface area contributed by atoms with Crippen LogP contribution in [0, 0.1) is 0 Å². The van der Waals surface area contributed by atoms with E-state index in [4.69, 9.17) is 9.84 Å². The summed E-state index contributed by atoms with van der Waals surface area (Å²) in [4.78, 5) is 14.4. The number of nitrogens with zero attached hydrogens (tertiary/aromatic N) is 1. The van der Waals surface area contributed by atoms with Gasteiger partial charge in [0.2, 0.25) is 0 Å². The van der Waals surface area contributed by atoms with Crippen LogP contribution in [0.15, 0.2) is 0 Å². The molecule has 2 saturated heterocycles. The molecular weight excluding hydrogens is 312 g/mol. The van der Waals surface area contributed by atoms with Crippen molar-refractivity contribution in [3.63, 3.8) is 0 Å². The van der Waals surface area contributed by atoms with E-state index in [2.05, 4.69) is 5.32 Å². The molecule has 0 aromatic rings. The lowest BCUT2D eigenvalue weighted by molar-refractivity contribution is 0.00483. The zero-order valence-corrected chi connectivity index (χ0v) is 15.5. The molecule has 23 heavy (non-hydrogen) atoms. The van der Waals surface area contributed by atoms with Gasteiger partial charge >= 0.3 is 6.09 Å². The van der Waals surface area contributed by atoms with E-state index in [-0.39, 0.29) is 12.7 Å². The number of ether oxygens (including phenoxy) is 1. The van der Waals surface area contributed by atoms with Crippen molar-refractivity contribution in [1.29, 1.82) is 0 Å². The molecule has 2 fully saturated rings. The number of carbonyl (C=O) groups is 1. The summed E-state index contributed by atoms with van der Waals surface area (Å²) >= 11 is 1.89. The number of carbonyl (C=O) groups excluding carboxylic acids is 1. The molecule has 5 nitrogen and oxygen atoms in total. The molecule has 2 rings (SSSR count). The fraction of sp³-hybridized carbons (Fsp3) is 0.941. The number of aliphatic hydroxyl groups is 1. The van der Waals surface area contributed by atoms with Gasteiger partial charge in [-0.05, 0) is 58.6 Å². The van der Waals surface area contributed by atoms with Gasteiger partial charge in [-0.25, -0.2) is 4.79 Å². The minimum absolute atomic E-state index is 0.136. The maximum atomic E-state index is 12.4. The van der Waals surface area contributed by atoms with Gasteiger partial charge in [0.15, 0.2) is 0 Å². The Bertz CT molecular complexity index is 373. The van der Waals surface area contributed by atoms with Crippen LogP contribution in [-0.2, 0) is 4.74 Å². The van der Waals surface area contributed by atoms with Gasteiger partial charge in [-0.2, -0.15) is 11.8 Å². The van der Waals surface area contributed by atoms with Crippen LogP contribution in [0.25, 0.3) is 0 Å². The lowest BCUT2D eigenvalue weighted by Crippen LogP contribution is -2.52. The standard InChI is InChI=1S/C17H32N2O3S/c1-17(2,3)22-16(21)19-14-5-6-15(19)12-13(11-14)18-7-10-23-9-4-8-20/h13-15,18,20H,4-12H2,1-3H3. The smallest absolute Gasteiger partial charge is 0.410 e. The average molecular weight is 345 g/mol. The van der Waals surface area contributed by atoms with Gasteiger partial charge in [0.25, 0.3) is 0 Å². The lowest BCUT2D eigenvalue weighted by Gasteiger charge is -2.39. The Hall–Kier alpha value is -0.460. The highest BCUT2D eigenvalue weighted by Gasteiger charge is 2.44. The summed E-state index contributed by atoms with van der Waals surface area (Å²) in [6.07, 6.45) is 5.03. The first-order chi connectivity index (χ1) is 10.9. The Kier molecular flexibility index (Phi) is 7.04. The number of hydrogen-bond donors (Lipinski definition) is 2. The highest BCUT2D eigenvalue weighted by Crippen LogP contribution is 2.36. The Balaban J connectivity index is 1.73. The van der Waals surface area contributed by atoms with Gasteiger partial charge in [-0.15, -0.1) is 0 Å². The monoisotopic (exact) mass is 344 g/mol. The summed E-state index contributed by atoms with van der Waals surface area (Å²) in [7, 11) is 0. The van der Waals surface area contributed by atoms with E-state index in [1.54, 1.807) is 0 Å². The van der Waals surface area contributed by atoms with Crippen molar-refractivity contribution < 1.29 is 14.6 Å². The highest BCUT2D eigenvalue weighted by molar-refractivity contribution is 7.99. The largest absolute Gasteiger partial charge is 0.444 e. The molecule has 0 aromatic carbocycles. The molecule has 2 N–H and O–H groups in total. The molecular formula is C17H32N2O3S. The predicted octanol–water partition coefficient (Wildman–Crippen LogP) is 2.62. The third-order valence-electron chi connectivity index (χ3n) is 4.46. The van der Waals surface area contributed by atoms with E-state index < -0.39 is 5.60 Å². The third-order valence-corrected chi connectivity index (χ3v) is 5.53. The molecule has 0 spiro atoms. The third kappa shape index (κ3) is 5.84. The SMILES string of the molecule is CC(C)(C)OC(=O)N1C2CCC1CC(NCCSCCCO)C2. The Labute approximate surface area is 144 Å². The normalized spacial score (nSPS) is 27.3. The first-order valence-corrected chi connectivity index (χ1v) is 9.99. The van der Waals surface area contributed by atoms with E-state index in [9.17, 15) is 4.79 Å². The van der Waals surface area contributed by atoms with Crippen LogP contribution in [-0.4, -0.2) is 64.5 Å². The summed E-state index contributed by atoms with van der Waals surface area (Å²) in [5, 5.41) is 12.4. The quantitative estimate of drug-likeness (QED) is 0.695. The van der Waals surface area contributed by atoms with Gasteiger partial charge in [-0.1, -0.05) is 0 Å². The van der Waals surface area contributed by atoms with Crippen molar-refractivity contribution >= 4 is 17.9 Å². The number of nitrogens with one attached hydrogen (secondary N) is 1. The summed E-state index contributed by atoms with van der Waals surface area (Å²) in [5.74, 6) is 2.11. The number of piperidine rings is 1. The zero-order chi connectivity index (χ0) is 16.9. The first-order valence-electron chi connectivity index (χ1n) is 8.84. The van der Waals surface area contributed by atoms with Crippen LogP contribution in [0.2, 0.25) is 0 Å². The second kappa shape index (κ2) is 8.58. The molecule has 2 atom stereocenters. The van der Waals surface area contributed by atoms with E-state index in [1.165, 1.54) is 0 Å². The van der Waals surface area contributed by atoms with Crippen LogP contribution in [0.3, 0.4) is 0 Å². The molecule has 134 valence electrons. The van der Waals surface area contributed by atoms with E-state index in [0.29, 0.717) is 18.1 Å². The van der Waals surface area contributed by atoms with Crippen LogP contribution < -0.4 is 5.32 Å². The fourth-order valence-electron chi connectivity index (χ4n) is 3.56. The van der Waals surface area contributed by atoms with Gasteiger partial charge in [0.1, 0.15) is 5.60 Å². The molecule has 2 unspecified atom stereocenters. The molecule has 0 radical (unpaired) electrons. The van der Waals surface area contributed by atoms with Crippen LogP contribution in [0.5, 0.6) is 0 Å². The van der Waals surface area contributed by atoms with Crippen LogP contribution in [0.1, 0.15) is 52.9 Å². The molecule has 2 aliphatic heterocycles. The number of hydrogen-bond acceptors (Lipinski definition) is 5. The maximum Gasteiger partial charge on any atom is 0.410 e. The zero-order valence-electron chi connectivity index (χ0n) is 14.7. The molecule has 0 saturated carbocycles. The van der Waals surface area contributed by atoms with Crippen molar-refractivity contribution in [2.24, 2.45) is 0 Å². The van der Waals surface area contributed by atoms with Gasteiger partial charge in [0.05, 0.1) is 0 Å². The predicted molar refractivity (Wildman–Crippen MR) is 94.9 cm³/mol. The molecule has 2 heterocycles. The van der Waals surface area contributed by atoms with Gasteiger partial charge in [-0.3, -0.25) is 0 Å². The van der Waals surface area contributed by atoms with Crippen LogP contribution in [0.4, 0.5) is 4.79 Å². The van der Waals surface area contributed by atoms with Crippen molar-refractivity contribution in [2.45, 2.75) is 76.6 Å². The number of aliphatic hydroxyl groups excluding tert-OH is 1. The van der Waals surface area contributed by atoms with Crippen LogP contribution >= 0.6 is 11.8 Å². The van der Waals surface area contributed by atoms with Gasteiger partial charge in [0, 0.05) is 37.0 Å². The van der Waals surface area contributed by atoms with Crippen molar-refractivity contribution in [3.05, 3.63) is 0 Å². The molecule has 6 heteroatoms. The van der Waals surface area contributed by atoms with E-state index in [0.717, 1.165) is 50.2 Å². The number of thioether (sulfide) groups is 1. The fourth-order valence-corrected chi connectivity index (χ4v) is 4.36. The molecule has 0 aliphatic carbocycles. The number of amides is 1. The van der Waals surface area contributed by atoms with Crippen molar-refractivity contribution in [3.8, 4) is 0 Å². The van der Waals surface area contributed by atoms with Crippen molar-refractivity contribution in [1.82, 2.24) is 10.2 Å². The van der Waals surface area contributed by atoms with E-state index >= 15 is 0 Å². The Morgan fingerprint density at radius 3 is 2.48 bits per heavy atom. The molecule has 2 aliphatic rings. The van der Waals surface area contributed by atoms with Gasteiger partial charge < -0.3 is 20.1 Å². The Morgan fingerprint density at radius 1 is 1.26 bits per heavy atom. The topological polar surface area (TPSA) is 61.8 Å². The lowest BCUT2D eigenvalue weighted by atomic mass is 9.98. The van der Waals surface area contributed by atoms with Crippen molar-refractivity contribution in [2.75, 3.05) is 24.7 Å². The van der Waals surface area contributed by atoms with E-state index in [1.807, 2.05) is 37.4 Å². The summed E-state index contributed by atoms with van der Waals surface area (Å²) in [5.41, 5.74) is -0.419. The summed E-state index contributed by atoms with van der Waals surface area (Å²) in [6.45, 7) is 7.07. The molecule has 1 amide bonds. The minimum atomic E-state index is -0.419. The minimum Gasteiger partial charge on any atom is -0.444 e. The maximum absolute atomic E-state index is 12.4. The molecule has 2 bridgehead atoms. The highest BCUT2D eigenvalue weighted by atomic mass is 32.2. The average Bonchev–Trinajstić information content (AvgIpc) is 2.72. The Morgan fingerprint density at radius 2 is 1.91 bits per heavy atom. The first kappa shape index (κ1) is 18.9.